The summed E-state index contributed by atoms with van der Waals surface area (Å²) in [5, 5.41) is 7.38. The normalized spacial score (nSPS) is 10.6. The van der Waals surface area contributed by atoms with Crippen molar-refractivity contribution in [3.8, 4) is 17.0 Å². The van der Waals surface area contributed by atoms with Gasteiger partial charge in [-0.15, -0.1) is 0 Å². The molecule has 1 aromatic heterocycles. The van der Waals surface area contributed by atoms with Crippen LogP contribution in [0.5, 0.6) is 5.75 Å². The van der Waals surface area contributed by atoms with Gasteiger partial charge in [-0.3, -0.25) is 9.48 Å². The molecule has 0 saturated heterocycles. The van der Waals surface area contributed by atoms with Gasteiger partial charge in [-0.2, -0.15) is 5.10 Å². The lowest BCUT2D eigenvalue weighted by Crippen LogP contribution is -2.16. The van der Waals surface area contributed by atoms with Gasteiger partial charge in [0, 0.05) is 18.3 Å². The SMILES string of the molecule is COc1cccc(-c2cc(C(=O)Nc3ccc(C)c(C)c3)n(C)n2)c1. The molecule has 0 aliphatic rings. The van der Waals surface area contributed by atoms with Crippen LogP contribution in [0.3, 0.4) is 0 Å². The average Bonchev–Trinajstić information content (AvgIpc) is 3.00. The Hall–Kier alpha value is -3.08. The third-order valence-corrected chi connectivity index (χ3v) is 4.24. The highest BCUT2D eigenvalue weighted by molar-refractivity contribution is 6.03. The van der Waals surface area contributed by atoms with E-state index in [2.05, 4.69) is 10.4 Å². The van der Waals surface area contributed by atoms with Crippen molar-refractivity contribution in [2.45, 2.75) is 13.8 Å². The number of anilines is 1. The Morgan fingerprint density at radius 1 is 1.08 bits per heavy atom. The molecule has 0 unspecified atom stereocenters. The number of hydrogen-bond donors (Lipinski definition) is 1. The second-order valence-electron chi connectivity index (χ2n) is 6.02. The van der Waals surface area contributed by atoms with Crippen molar-refractivity contribution < 1.29 is 9.53 Å². The van der Waals surface area contributed by atoms with Gasteiger partial charge in [-0.05, 0) is 55.3 Å². The van der Waals surface area contributed by atoms with Crippen LogP contribution in [0.1, 0.15) is 21.6 Å². The second kappa shape index (κ2) is 6.81. The van der Waals surface area contributed by atoms with Gasteiger partial charge in [0.25, 0.3) is 5.91 Å². The third-order valence-electron chi connectivity index (χ3n) is 4.24. The molecule has 0 atom stereocenters. The van der Waals surface area contributed by atoms with Crippen LogP contribution in [0, 0.1) is 13.8 Å². The minimum absolute atomic E-state index is 0.188. The van der Waals surface area contributed by atoms with E-state index in [4.69, 9.17) is 4.74 Å². The summed E-state index contributed by atoms with van der Waals surface area (Å²) in [5.41, 5.74) is 5.24. The van der Waals surface area contributed by atoms with Crippen molar-refractivity contribution in [3.05, 3.63) is 65.4 Å². The van der Waals surface area contributed by atoms with E-state index in [1.165, 1.54) is 5.56 Å². The lowest BCUT2D eigenvalue weighted by atomic mass is 10.1. The second-order valence-corrected chi connectivity index (χ2v) is 6.02. The number of methoxy groups -OCH3 is 1. The number of carbonyl (C=O) groups is 1. The fourth-order valence-electron chi connectivity index (χ4n) is 2.62. The van der Waals surface area contributed by atoms with Crippen LogP contribution in [0.2, 0.25) is 0 Å². The molecule has 25 heavy (non-hydrogen) atoms. The van der Waals surface area contributed by atoms with Crippen molar-refractivity contribution in [2.24, 2.45) is 7.05 Å². The molecule has 5 nitrogen and oxygen atoms in total. The van der Waals surface area contributed by atoms with Gasteiger partial charge in [0.05, 0.1) is 12.8 Å². The lowest BCUT2D eigenvalue weighted by molar-refractivity contribution is 0.101. The van der Waals surface area contributed by atoms with Gasteiger partial charge in [-0.1, -0.05) is 18.2 Å². The molecule has 1 N–H and O–H groups in total. The number of hydrogen-bond acceptors (Lipinski definition) is 3. The van der Waals surface area contributed by atoms with Gasteiger partial charge in [0.1, 0.15) is 11.4 Å². The van der Waals surface area contributed by atoms with E-state index in [0.29, 0.717) is 5.69 Å². The van der Waals surface area contributed by atoms with Crippen molar-refractivity contribution >= 4 is 11.6 Å². The topological polar surface area (TPSA) is 56.1 Å². The van der Waals surface area contributed by atoms with Gasteiger partial charge in [0.2, 0.25) is 0 Å². The maximum atomic E-state index is 12.6. The van der Waals surface area contributed by atoms with E-state index in [-0.39, 0.29) is 5.91 Å². The lowest BCUT2D eigenvalue weighted by Gasteiger charge is -2.07. The molecule has 0 fully saturated rings. The molecule has 3 rings (SSSR count). The molecular formula is C20H21N3O2. The molecule has 1 amide bonds. The fourth-order valence-corrected chi connectivity index (χ4v) is 2.62. The maximum absolute atomic E-state index is 12.6. The zero-order chi connectivity index (χ0) is 18.0. The fraction of sp³-hybridized carbons (Fsp3) is 0.200. The molecular weight excluding hydrogens is 314 g/mol. The van der Waals surface area contributed by atoms with Gasteiger partial charge in [-0.25, -0.2) is 0 Å². The summed E-state index contributed by atoms with van der Waals surface area (Å²) in [6.07, 6.45) is 0. The van der Waals surface area contributed by atoms with E-state index < -0.39 is 0 Å². The average molecular weight is 335 g/mol. The molecule has 0 bridgehead atoms. The number of aromatic nitrogens is 2. The highest BCUT2D eigenvalue weighted by atomic mass is 16.5. The molecule has 3 aromatic rings. The Morgan fingerprint density at radius 2 is 1.88 bits per heavy atom. The summed E-state index contributed by atoms with van der Waals surface area (Å²) in [7, 11) is 3.39. The largest absolute Gasteiger partial charge is 0.497 e. The smallest absolute Gasteiger partial charge is 0.273 e. The number of amides is 1. The number of ether oxygens (including phenoxy) is 1. The van der Waals surface area contributed by atoms with E-state index in [1.807, 2.05) is 56.3 Å². The van der Waals surface area contributed by atoms with Crippen molar-refractivity contribution in [1.82, 2.24) is 9.78 Å². The Bertz CT molecular complexity index is 928. The van der Waals surface area contributed by atoms with Crippen LogP contribution in [0.25, 0.3) is 11.3 Å². The molecule has 0 saturated carbocycles. The van der Waals surface area contributed by atoms with Crippen molar-refractivity contribution in [2.75, 3.05) is 12.4 Å². The van der Waals surface area contributed by atoms with Crippen LogP contribution in [0.4, 0.5) is 5.69 Å². The Labute approximate surface area is 147 Å². The number of nitrogens with one attached hydrogen (secondary N) is 1. The first kappa shape index (κ1) is 16.8. The number of carbonyl (C=O) groups excluding carboxylic acids is 1. The van der Waals surface area contributed by atoms with E-state index in [9.17, 15) is 4.79 Å². The van der Waals surface area contributed by atoms with Crippen molar-refractivity contribution in [3.63, 3.8) is 0 Å². The first-order valence-electron chi connectivity index (χ1n) is 8.05. The predicted octanol–water partition coefficient (Wildman–Crippen LogP) is 3.96. The number of nitrogens with zero attached hydrogens (tertiary/aromatic N) is 2. The summed E-state index contributed by atoms with van der Waals surface area (Å²) in [6.45, 7) is 4.07. The van der Waals surface area contributed by atoms with Crippen LogP contribution >= 0.6 is 0 Å². The Kier molecular flexibility index (Phi) is 4.57. The standard InChI is InChI=1S/C20H21N3O2/c1-13-8-9-16(10-14(13)2)21-20(24)19-12-18(22-23(19)3)15-6-5-7-17(11-15)25-4/h5-12H,1-4H3,(H,21,24). The highest BCUT2D eigenvalue weighted by Crippen LogP contribution is 2.24. The van der Waals surface area contributed by atoms with E-state index in [0.717, 1.165) is 28.3 Å². The number of aryl methyl sites for hydroxylation is 3. The Morgan fingerprint density at radius 3 is 2.60 bits per heavy atom. The first-order chi connectivity index (χ1) is 12.0. The molecule has 2 aromatic carbocycles. The molecule has 5 heteroatoms. The van der Waals surface area contributed by atoms with E-state index in [1.54, 1.807) is 24.9 Å². The van der Waals surface area contributed by atoms with Gasteiger partial charge < -0.3 is 10.1 Å². The monoisotopic (exact) mass is 335 g/mol. The van der Waals surface area contributed by atoms with E-state index >= 15 is 0 Å². The summed E-state index contributed by atoms with van der Waals surface area (Å²) in [4.78, 5) is 12.6. The van der Waals surface area contributed by atoms with Gasteiger partial charge in [0.15, 0.2) is 0 Å². The van der Waals surface area contributed by atoms with Crippen LogP contribution in [-0.4, -0.2) is 22.8 Å². The molecule has 0 aliphatic carbocycles. The summed E-state index contributed by atoms with van der Waals surface area (Å²) >= 11 is 0. The highest BCUT2D eigenvalue weighted by Gasteiger charge is 2.15. The number of rotatable bonds is 4. The number of benzene rings is 2. The Balaban J connectivity index is 1.86. The first-order valence-corrected chi connectivity index (χ1v) is 8.05. The summed E-state index contributed by atoms with van der Waals surface area (Å²) < 4.78 is 6.84. The predicted molar refractivity (Wildman–Crippen MR) is 99.1 cm³/mol. The zero-order valence-electron chi connectivity index (χ0n) is 14.8. The van der Waals surface area contributed by atoms with Crippen molar-refractivity contribution in [1.29, 1.82) is 0 Å². The minimum Gasteiger partial charge on any atom is -0.497 e. The third kappa shape index (κ3) is 3.55. The quantitative estimate of drug-likeness (QED) is 0.785. The molecule has 0 spiro atoms. The maximum Gasteiger partial charge on any atom is 0.273 e. The molecule has 0 aliphatic heterocycles. The van der Waals surface area contributed by atoms with Gasteiger partial charge >= 0.3 is 0 Å². The van der Waals surface area contributed by atoms with Crippen LogP contribution in [0.15, 0.2) is 48.5 Å². The zero-order valence-corrected chi connectivity index (χ0v) is 14.8. The molecule has 0 radical (unpaired) electrons. The summed E-state index contributed by atoms with van der Waals surface area (Å²) in [6, 6.07) is 15.3. The molecule has 1 heterocycles. The molecule has 128 valence electrons. The summed E-state index contributed by atoms with van der Waals surface area (Å²) in [5.74, 6) is 0.566. The van der Waals surface area contributed by atoms with Crippen LogP contribution < -0.4 is 10.1 Å². The minimum atomic E-state index is -0.188. The van der Waals surface area contributed by atoms with Crippen LogP contribution in [-0.2, 0) is 7.05 Å².